The first-order valence-electron chi connectivity index (χ1n) is 7.50. The van der Waals surface area contributed by atoms with E-state index in [1.165, 1.54) is 12.1 Å². The van der Waals surface area contributed by atoms with Gasteiger partial charge >= 0.3 is 11.8 Å². The molecule has 1 aliphatic carbocycles. The number of amides is 2. The van der Waals surface area contributed by atoms with Crippen molar-refractivity contribution in [2.75, 3.05) is 5.32 Å². The molecule has 0 saturated heterocycles. The summed E-state index contributed by atoms with van der Waals surface area (Å²) in [6.45, 7) is 2.07. The summed E-state index contributed by atoms with van der Waals surface area (Å²) >= 11 is 0. The van der Waals surface area contributed by atoms with Crippen molar-refractivity contribution in [3.8, 4) is 0 Å². The molecule has 0 bridgehead atoms. The number of rotatable bonds is 4. The zero-order valence-corrected chi connectivity index (χ0v) is 13.6. The third kappa shape index (κ3) is 4.40. The Kier molecular flexibility index (Phi) is 5.56. The van der Waals surface area contributed by atoms with E-state index in [1.54, 1.807) is 0 Å². The van der Waals surface area contributed by atoms with Gasteiger partial charge in [0.15, 0.2) is 0 Å². The summed E-state index contributed by atoms with van der Waals surface area (Å²) in [7, 11) is -4.68. The number of urea groups is 1. The number of hydrogen-bond donors (Lipinski definition) is 2. The van der Waals surface area contributed by atoms with Crippen LogP contribution in [0.15, 0.2) is 29.2 Å². The van der Waals surface area contributed by atoms with Gasteiger partial charge in [-0.15, -0.1) is 0 Å². The highest BCUT2D eigenvalue weighted by Crippen LogP contribution is 2.24. The van der Waals surface area contributed by atoms with Crippen LogP contribution >= 0.6 is 0 Å². The van der Waals surface area contributed by atoms with E-state index in [0.717, 1.165) is 37.8 Å². The highest BCUT2D eigenvalue weighted by molar-refractivity contribution is 7.91. The molecule has 5 nitrogen and oxygen atoms in total. The van der Waals surface area contributed by atoms with Crippen molar-refractivity contribution in [3.63, 3.8) is 0 Å². The van der Waals surface area contributed by atoms with Crippen LogP contribution in [0.4, 0.5) is 19.3 Å². The van der Waals surface area contributed by atoms with Crippen LogP contribution in [0.5, 0.6) is 0 Å². The molecule has 1 saturated carbocycles. The first-order valence-corrected chi connectivity index (χ1v) is 9.05. The van der Waals surface area contributed by atoms with Gasteiger partial charge in [0.2, 0.25) is 9.84 Å². The smallest absolute Gasteiger partial charge is 0.335 e. The average molecular weight is 346 g/mol. The minimum absolute atomic E-state index is 0.0664. The number of alkyl halides is 2. The van der Waals surface area contributed by atoms with Gasteiger partial charge in [0, 0.05) is 11.7 Å². The Balaban J connectivity index is 2.04. The Morgan fingerprint density at radius 1 is 1.26 bits per heavy atom. The molecule has 0 aliphatic heterocycles. The largest absolute Gasteiger partial charge is 0.341 e. The molecule has 0 heterocycles. The molecule has 2 unspecified atom stereocenters. The summed E-state index contributed by atoms with van der Waals surface area (Å²) in [6.07, 6.45) is 4.15. The maximum absolute atomic E-state index is 12.6. The summed E-state index contributed by atoms with van der Waals surface area (Å²) < 4.78 is 48.0. The number of carbonyl (C=O) groups excluding carboxylic acids is 1. The molecule has 128 valence electrons. The molecule has 2 N–H and O–H groups in total. The molecule has 1 aromatic rings. The standard InChI is InChI=1S/C15H20F2N2O3S/c1-10-5-2-3-8-13(10)19-15(20)18-11-6-4-7-12(9-11)23(21,22)14(16)17/h4,6-7,9-10,13-14H,2-3,5,8H2,1H3,(H2,18,19,20). The molecule has 2 atom stereocenters. The van der Waals surface area contributed by atoms with Crippen LogP contribution in [0.1, 0.15) is 32.6 Å². The van der Waals surface area contributed by atoms with Crippen LogP contribution < -0.4 is 10.6 Å². The van der Waals surface area contributed by atoms with E-state index >= 15 is 0 Å². The second-order valence-electron chi connectivity index (χ2n) is 5.80. The van der Waals surface area contributed by atoms with E-state index in [9.17, 15) is 22.0 Å². The number of sulfone groups is 1. The summed E-state index contributed by atoms with van der Waals surface area (Å²) in [4.78, 5) is 11.5. The molecule has 2 rings (SSSR count). The predicted octanol–water partition coefficient (Wildman–Crippen LogP) is 3.38. The lowest BCUT2D eigenvalue weighted by molar-refractivity contribution is 0.232. The van der Waals surface area contributed by atoms with Gasteiger partial charge in [0.25, 0.3) is 0 Å². The lowest BCUT2D eigenvalue weighted by Gasteiger charge is -2.29. The zero-order valence-electron chi connectivity index (χ0n) is 12.8. The quantitative estimate of drug-likeness (QED) is 0.877. The van der Waals surface area contributed by atoms with Crippen LogP contribution in [0.25, 0.3) is 0 Å². The first kappa shape index (κ1) is 17.7. The molecular weight excluding hydrogens is 326 g/mol. The van der Waals surface area contributed by atoms with Gasteiger partial charge in [-0.2, -0.15) is 8.78 Å². The van der Waals surface area contributed by atoms with E-state index in [2.05, 4.69) is 17.6 Å². The number of anilines is 1. The Morgan fingerprint density at radius 3 is 2.61 bits per heavy atom. The van der Waals surface area contributed by atoms with E-state index in [4.69, 9.17) is 0 Å². The molecule has 0 spiro atoms. The summed E-state index contributed by atoms with van der Waals surface area (Å²) in [5.41, 5.74) is 0.160. The monoisotopic (exact) mass is 346 g/mol. The van der Waals surface area contributed by atoms with Crippen molar-refractivity contribution in [1.82, 2.24) is 5.32 Å². The predicted molar refractivity (Wildman–Crippen MR) is 83.2 cm³/mol. The van der Waals surface area contributed by atoms with Crippen molar-refractivity contribution < 1.29 is 22.0 Å². The Morgan fingerprint density at radius 2 is 1.96 bits per heavy atom. The third-order valence-electron chi connectivity index (χ3n) is 4.08. The van der Waals surface area contributed by atoms with E-state index in [-0.39, 0.29) is 11.7 Å². The fourth-order valence-electron chi connectivity index (χ4n) is 2.72. The van der Waals surface area contributed by atoms with Crippen LogP contribution in [0, 0.1) is 5.92 Å². The molecule has 8 heteroatoms. The van der Waals surface area contributed by atoms with Gasteiger partial charge in [-0.1, -0.05) is 25.8 Å². The third-order valence-corrected chi connectivity index (χ3v) is 5.46. The topological polar surface area (TPSA) is 75.3 Å². The summed E-state index contributed by atoms with van der Waals surface area (Å²) in [5.74, 6) is -3.12. The highest BCUT2D eigenvalue weighted by atomic mass is 32.2. The van der Waals surface area contributed by atoms with Gasteiger partial charge in [-0.3, -0.25) is 0 Å². The van der Waals surface area contributed by atoms with E-state index in [0.29, 0.717) is 5.92 Å². The van der Waals surface area contributed by atoms with Crippen LogP contribution in [0.2, 0.25) is 0 Å². The van der Waals surface area contributed by atoms with Crippen molar-refractivity contribution in [1.29, 1.82) is 0 Å². The molecule has 0 aromatic heterocycles. The fraction of sp³-hybridized carbons (Fsp3) is 0.533. The number of carbonyl (C=O) groups is 1. The molecule has 0 radical (unpaired) electrons. The molecule has 1 fully saturated rings. The van der Waals surface area contributed by atoms with Gasteiger partial charge < -0.3 is 10.6 Å². The highest BCUT2D eigenvalue weighted by Gasteiger charge is 2.27. The fourth-order valence-corrected chi connectivity index (χ4v) is 3.49. The van der Waals surface area contributed by atoms with Crippen molar-refractivity contribution >= 4 is 21.6 Å². The maximum Gasteiger partial charge on any atom is 0.341 e. The van der Waals surface area contributed by atoms with Crippen molar-refractivity contribution in [2.45, 2.75) is 49.3 Å². The Hall–Kier alpha value is -1.70. The van der Waals surface area contributed by atoms with Gasteiger partial charge in [-0.05, 0) is 37.0 Å². The molecule has 2 amide bonds. The molecule has 1 aromatic carbocycles. The van der Waals surface area contributed by atoms with Crippen molar-refractivity contribution in [3.05, 3.63) is 24.3 Å². The average Bonchev–Trinajstić information content (AvgIpc) is 2.49. The van der Waals surface area contributed by atoms with E-state index in [1.807, 2.05) is 0 Å². The Labute approximate surface area is 134 Å². The Bertz CT molecular complexity index is 664. The zero-order chi connectivity index (χ0) is 17.0. The molecule has 1 aliphatic rings. The SMILES string of the molecule is CC1CCCCC1NC(=O)Nc1cccc(S(=O)(=O)C(F)F)c1. The van der Waals surface area contributed by atoms with Crippen LogP contribution in [-0.4, -0.2) is 26.2 Å². The molecule has 23 heavy (non-hydrogen) atoms. The summed E-state index contributed by atoms with van der Waals surface area (Å²) in [5, 5.41) is 5.35. The number of hydrogen-bond acceptors (Lipinski definition) is 3. The molecular formula is C15H20F2N2O3S. The second kappa shape index (κ2) is 7.25. The maximum atomic E-state index is 12.6. The number of halogens is 2. The number of nitrogens with one attached hydrogen (secondary N) is 2. The van der Waals surface area contributed by atoms with Crippen molar-refractivity contribution in [2.24, 2.45) is 5.92 Å². The van der Waals surface area contributed by atoms with Gasteiger partial charge in [-0.25, -0.2) is 13.2 Å². The van der Waals surface area contributed by atoms with E-state index < -0.39 is 26.5 Å². The normalized spacial score (nSPS) is 21.9. The lowest BCUT2D eigenvalue weighted by atomic mass is 9.86. The minimum Gasteiger partial charge on any atom is -0.335 e. The lowest BCUT2D eigenvalue weighted by Crippen LogP contribution is -2.43. The summed E-state index contributed by atoms with van der Waals surface area (Å²) in [6, 6.07) is 4.48. The van der Waals surface area contributed by atoms with Crippen LogP contribution in [0.3, 0.4) is 0 Å². The van der Waals surface area contributed by atoms with Gasteiger partial charge in [0.05, 0.1) is 4.90 Å². The van der Waals surface area contributed by atoms with Gasteiger partial charge in [0.1, 0.15) is 0 Å². The second-order valence-corrected chi connectivity index (χ2v) is 7.72. The van der Waals surface area contributed by atoms with Crippen LogP contribution in [-0.2, 0) is 9.84 Å². The minimum atomic E-state index is -4.68. The number of benzene rings is 1. The first-order chi connectivity index (χ1) is 10.8.